The van der Waals surface area contributed by atoms with Crippen LogP contribution in [0, 0.1) is 0 Å². The van der Waals surface area contributed by atoms with Crippen molar-refractivity contribution in [1.82, 2.24) is 9.88 Å². The van der Waals surface area contributed by atoms with Crippen molar-refractivity contribution in [3.63, 3.8) is 0 Å². The molecule has 5 nitrogen and oxygen atoms in total. The lowest BCUT2D eigenvalue weighted by molar-refractivity contribution is 0.00826. The number of alkyl halides is 1. The predicted octanol–water partition coefficient (Wildman–Crippen LogP) is 4.70. The van der Waals surface area contributed by atoms with E-state index in [1.54, 1.807) is 29.7 Å². The molecule has 0 spiro atoms. The Balaban J connectivity index is 1.36. The van der Waals surface area contributed by atoms with Gasteiger partial charge in [0, 0.05) is 39.9 Å². The van der Waals surface area contributed by atoms with Gasteiger partial charge in [-0.2, -0.15) is 0 Å². The number of benzene rings is 1. The molecule has 1 aliphatic carbocycles. The first-order valence-electron chi connectivity index (χ1n) is 11.0. The largest absolute Gasteiger partial charge is 0.395 e. The fraction of sp³-hybridized carbons (Fsp3) is 0.360. The maximum absolute atomic E-state index is 13.8. The van der Waals surface area contributed by atoms with Crippen molar-refractivity contribution in [3.8, 4) is 21.6 Å². The number of aromatic nitrogens is 1. The number of carbonyl (C=O) groups excluding carboxylic acids is 1. The summed E-state index contributed by atoms with van der Waals surface area (Å²) in [6.45, 7) is 0.321. The minimum atomic E-state index is -1.43. The Labute approximate surface area is 200 Å². The number of likely N-dealkylation sites (tertiary alicyclic amines) is 1. The molecule has 2 fully saturated rings. The van der Waals surface area contributed by atoms with E-state index in [2.05, 4.69) is 16.4 Å². The van der Waals surface area contributed by atoms with Crippen molar-refractivity contribution in [2.24, 2.45) is 0 Å². The molecule has 2 unspecified atom stereocenters. The fourth-order valence-electron chi connectivity index (χ4n) is 4.28. The van der Waals surface area contributed by atoms with Crippen LogP contribution in [0.1, 0.15) is 35.3 Å². The second-order valence-corrected chi connectivity index (χ2v) is 10.2. The van der Waals surface area contributed by atoms with Gasteiger partial charge in [-0.25, -0.2) is 4.39 Å². The number of nitrogens with zero attached hydrogens (tertiary/aromatic N) is 2. The molecule has 2 aliphatic rings. The molecule has 3 heterocycles. The third-order valence-corrected chi connectivity index (χ3v) is 7.94. The average Bonchev–Trinajstić information content (AvgIpc) is 3.49. The molecule has 8 heteroatoms. The SMILES string of the molecule is O=C(c1ccc(-c2cc(-c3ccnc(C4(CO)CC4)c3)cs2)c(Cl)c1)N1CCC(O)C(F)C1. The first kappa shape index (κ1) is 22.5. The van der Waals surface area contributed by atoms with Gasteiger partial charge in [0.15, 0.2) is 0 Å². The van der Waals surface area contributed by atoms with E-state index < -0.39 is 12.3 Å². The number of thiophene rings is 1. The highest BCUT2D eigenvalue weighted by molar-refractivity contribution is 7.14. The number of pyridine rings is 1. The second kappa shape index (κ2) is 8.80. The Bertz CT molecular complexity index is 1200. The predicted molar refractivity (Wildman–Crippen MR) is 127 cm³/mol. The van der Waals surface area contributed by atoms with Gasteiger partial charge in [0.1, 0.15) is 6.17 Å². The van der Waals surface area contributed by atoms with E-state index in [9.17, 15) is 19.4 Å². The van der Waals surface area contributed by atoms with Gasteiger partial charge in [-0.3, -0.25) is 9.78 Å². The van der Waals surface area contributed by atoms with Gasteiger partial charge in [-0.15, -0.1) is 11.3 Å². The smallest absolute Gasteiger partial charge is 0.254 e. The Morgan fingerprint density at radius 1 is 1.24 bits per heavy atom. The topological polar surface area (TPSA) is 73.7 Å². The fourth-order valence-corrected chi connectivity index (χ4v) is 5.58. The molecule has 1 saturated heterocycles. The molecule has 1 amide bonds. The minimum Gasteiger partial charge on any atom is -0.395 e. The minimum absolute atomic E-state index is 0.112. The molecule has 1 aliphatic heterocycles. The Hall–Kier alpha value is -2.32. The quantitative estimate of drug-likeness (QED) is 0.548. The van der Waals surface area contributed by atoms with Gasteiger partial charge >= 0.3 is 0 Å². The van der Waals surface area contributed by atoms with Crippen LogP contribution in [0.4, 0.5) is 4.39 Å². The van der Waals surface area contributed by atoms with Gasteiger partial charge in [0.25, 0.3) is 5.91 Å². The van der Waals surface area contributed by atoms with Crippen LogP contribution in [0.15, 0.2) is 48.0 Å². The number of aliphatic hydroxyl groups is 2. The summed E-state index contributed by atoms with van der Waals surface area (Å²) in [7, 11) is 0. The molecule has 1 aromatic carbocycles. The normalized spacial score (nSPS) is 21.8. The van der Waals surface area contributed by atoms with E-state index in [0.717, 1.165) is 40.1 Å². The van der Waals surface area contributed by atoms with Gasteiger partial charge < -0.3 is 15.1 Å². The Morgan fingerprint density at radius 3 is 2.76 bits per heavy atom. The van der Waals surface area contributed by atoms with Crippen molar-refractivity contribution in [3.05, 3.63) is 64.3 Å². The Morgan fingerprint density at radius 2 is 2.06 bits per heavy atom. The molecule has 5 rings (SSSR count). The van der Waals surface area contributed by atoms with Crippen LogP contribution >= 0.6 is 22.9 Å². The highest BCUT2D eigenvalue weighted by Crippen LogP contribution is 2.47. The van der Waals surface area contributed by atoms with Crippen LogP contribution in [-0.4, -0.2) is 58.0 Å². The number of carbonyl (C=O) groups is 1. The number of aliphatic hydroxyl groups excluding tert-OH is 2. The van der Waals surface area contributed by atoms with Crippen molar-refractivity contribution in [1.29, 1.82) is 0 Å². The molecule has 3 aromatic rings. The van der Waals surface area contributed by atoms with E-state index in [1.807, 2.05) is 18.2 Å². The molecule has 0 radical (unpaired) electrons. The molecule has 172 valence electrons. The number of hydrogen-bond acceptors (Lipinski definition) is 5. The zero-order valence-electron chi connectivity index (χ0n) is 17.9. The maximum atomic E-state index is 13.8. The van der Waals surface area contributed by atoms with Crippen molar-refractivity contribution < 1.29 is 19.4 Å². The average molecular weight is 487 g/mol. The van der Waals surface area contributed by atoms with Gasteiger partial charge in [0.2, 0.25) is 0 Å². The van der Waals surface area contributed by atoms with Gasteiger partial charge in [-0.05, 0) is 66.1 Å². The number of hydrogen-bond donors (Lipinski definition) is 2. The summed E-state index contributed by atoms with van der Waals surface area (Å²) in [6, 6.07) is 11.2. The van der Waals surface area contributed by atoms with Crippen LogP contribution in [0.2, 0.25) is 5.02 Å². The standard InChI is InChI=1S/C25H24ClFN2O3S/c26-19-9-16(24(32)29-8-4-21(31)20(27)12-29)1-2-18(19)22-10-17(13-33-22)15-3-7-28-23(11-15)25(14-30)5-6-25/h1-3,7,9-11,13,20-21,30-31H,4-6,8,12,14H2. The van der Waals surface area contributed by atoms with E-state index in [1.165, 1.54) is 4.90 Å². The molecular formula is C25H24ClFN2O3S. The van der Waals surface area contributed by atoms with Crippen molar-refractivity contribution >= 4 is 28.8 Å². The number of rotatable bonds is 5. The second-order valence-electron chi connectivity index (χ2n) is 8.89. The van der Waals surface area contributed by atoms with E-state index in [4.69, 9.17) is 11.6 Å². The molecule has 0 bridgehead atoms. The van der Waals surface area contributed by atoms with Crippen LogP contribution in [0.5, 0.6) is 0 Å². The lowest BCUT2D eigenvalue weighted by Crippen LogP contribution is -2.47. The lowest BCUT2D eigenvalue weighted by Gasteiger charge is -2.32. The van der Waals surface area contributed by atoms with E-state index >= 15 is 0 Å². The van der Waals surface area contributed by atoms with E-state index in [-0.39, 0.29) is 30.9 Å². The van der Waals surface area contributed by atoms with Gasteiger partial charge in [-0.1, -0.05) is 17.7 Å². The summed E-state index contributed by atoms with van der Waals surface area (Å²) in [4.78, 5) is 19.6. The zero-order valence-corrected chi connectivity index (χ0v) is 19.4. The third kappa shape index (κ3) is 4.30. The number of amides is 1. The van der Waals surface area contributed by atoms with Crippen LogP contribution in [-0.2, 0) is 5.41 Å². The summed E-state index contributed by atoms with van der Waals surface area (Å²) >= 11 is 8.11. The van der Waals surface area contributed by atoms with Crippen molar-refractivity contribution in [2.75, 3.05) is 19.7 Å². The van der Waals surface area contributed by atoms with Crippen LogP contribution in [0.25, 0.3) is 21.6 Å². The molecule has 1 saturated carbocycles. The summed E-state index contributed by atoms with van der Waals surface area (Å²) in [5, 5.41) is 21.8. The highest BCUT2D eigenvalue weighted by Gasteiger charge is 2.45. The van der Waals surface area contributed by atoms with Gasteiger partial charge in [0.05, 0.1) is 24.3 Å². The lowest BCUT2D eigenvalue weighted by atomic mass is 9.99. The summed E-state index contributed by atoms with van der Waals surface area (Å²) in [6.07, 6.45) is 1.49. The molecular weight excluding hydrogens is 463 g/mol. The zero-order chi connectivity index (χ0) is 23.2. The highest BCUT2D eigenvalue weighted by atomic mass is 35.5. The monoisotopic (exact) mass is 486 g/mol. The van der Waals surface area contributed by atoms with Crippen LogP contribution in [0.3, 0.4) is 0 Å². The maximum Gasteiger partial charge on any atom is 0.254 e. The van der Waals surface area contributed by atoms with E-state index in [0.29, 0.717) is 17.1 Å². The van der Waals surface area contributed by atoms with Crippen molar-refractivity contribution in [2.45, 2.75) is 37.0 Å². The molecule has 2 atom stereocenters. The molecule has 33 heavy (non-hydrogen) atoms. The number of halogens is 2. The third-order valence-electron chi connectivity index (χ3n) is 6.67. The summed E-state index contributed by atoms with van der Waals surface area (Å²) in [5.74, 6) is -0.285. The first-order chi connectivity index (χ1) is 15.9. The first-order valence-corrected chi connectivity index (χ1v) is 12.2. The molecule has 2 N–H and O–H groups in total. The Kier molecular flexibility index (Phi) is 5.99. The number of piperidine rings is 1. The summed E-state index contributed by atoms with van der Waals surface area (Å²) < 4.78 is 13.8. The summed E-state index contributed by atoms with van der Waals surface area (Å²) in [5.41, 5.74) is 4.06. The van der Waals surface area contributed by atoms with Crippen LogP contribution < -0.4 is 0 Å². The molecule has 2 aromatic heterocycles.